The molecule has 0 saturated heterocycles. The van der Waals surface area contributed by atoms with E-state index < -0.39 is 5.25 Å². The zero-order valence-electron chi connectivity index (χ0n) is 13.7. The van der Waals surface area contributed by atoms with Gasteiger partial charge in [-0.1, -0.05) is 53.5 Å². The summed E-state index contributed by atoms with van der Waals surface area (Å²) < 4.78 is 0. The highest BCUT2D eigenvalue weighted by molar-refractivity contribution is 8.00. The van der Waals surface area contributed by atoms with Crippen molar-refractivity contribution in [2.75, 3.05) is 11.1 Å². The van der Waals surface area contributed by atoms with Crippen LogP contribution in [0.15, 0.2) is 77.7 Å². The Morgan fingerprint density at radius 1 is 0.962 bits per heavy atom. The Morgan fingerprint density at radius 2 is 1.65 bits per heavy atom. The number of nitrogen functional groups attached to an aromatic ring is 1. The van der Waals surface area contributed by atoms with Gasteiger partial charge in [0.2, 0.25) is 5.91 Å². The highest BCUT2D eigenvalue weighted by Crippen LogP contribution is 2.37. The number of carbonyl (C=O) groups is 1. The van der Waals surface area contributed by atoms with Crippen molar-refractivity contribution in [1.29, 1.82) is 0 Å². The number of amides is 1. The normalized spacial score (nSPS) is 11.8. The van der Waals surface area contributed by atoms with E-state index in [1.165, 1.54) is 11.8 Å². The smallest absolute Gasteiger partial charge is 0.242 e. The number of anilines is 2. The van der Waals surface area contributed by atoms with Gasteiger partial charge in [-0.15, -0.1) is 11.8 Å². The Balaban J connectivity index is 1.87. The highest BCUT2D eigenvalue weighted by Gasteiger charge is 2.22. The summed E-state index contributed by atoms with van der Waals surface area (Å²) in [6, 6.07) is 22.0. The van der Waals surface area contributed by atoms with Crippen LogP contribution in [0.25, 0.3) is 0 Å². The Kier molecular flexibility index (Phi) is 6.09. The fraction of sp³-hybridized carbons (Fsp3) is 0.0500. The number of thioether (sulfide) groups is 1. The third kappa shape index (κ3) is 4.73. The molecule has 132 valence electrons. The monoisotopic (exact) mass is 402 g/mol. The summed E-state index contributed by atoms with van der Waals surface area (Å²) in [5.41, 5.74) is 7.86. The first kappa shape index (κ1) is 18.6. The lowest BCUT2D eigenvalue weighted by molar-refractivity contribution is -0.115. The standard InChI is InChI=1S/C20H16Cl2N2OS/c21-14-6-11-18(17(22)12-14)24-20(25)19(13-4-2-1-3-5-13)26-16-9-7-15(23)8-10-16/h1-12,19H,23H2,(H,24,25). The molecular formula is C20H16Cl2N2OS. The molecule has 0 saturated carbocycles. The van der Waals surface area contributed by atoms with Crippen LogP contribution in [0.5, 0.6) is 0 Å². The maximum absolute atomic E-state index is 13.0. The second kappa shape index (κ2) is 8.49. The largest absolute Gasteiger partial charge is 0.399 e. The summed E-state index contributed by atoms with van der Waals surface area (Å²) >= 11 is 13.6. The number of rotatable bonds is 5. The van der Waals surface area contributed by atoms with Crippen LogP contribution in [-0.4, -0.2) is 5.91 Å². The van der Waals surface area contributed by atoms with E-state index in [2.05, 4.69) is 5.32 Å². The molecular weight excluding hydrogens is 387 g/mol. The van der Waals surface area contributed by atoms with Gasteiger partial charge in [0, 0.05) is 15.6 Å². The lowest BCUT2D eigenvalue weighted by Crippen LogP contribution is -2.19. The molecule has 0 aliphatic carbocycles. The molecule has 3 nitrogen and oxygen atoms in total. The summed E-state index contributed by atoms with van der Waals surface area (Å²) in [6.07, 6.45) is 0. The molecule has 0 fully saturated rings. The predicted molar refractivity (Wildman–Crippen MR) is 111 cm³/mol. The zero-order chi connectivity index (χ0) is 18.5. The molecule has 0 radical (unpaired) electrons. The van der Waals surface area contributed by atoms with E-state index in [1.54, 1.807) is 18.2 Å². The van der Waals surface area contributed by atoms with Gasteiger partial charge in [-0.25, -0.2) is 0 Å². The minimum Gasteiger partial charge on any atom is -0.399 e. The third-order valence-electron chi connectivity index (χ3n) is 3.66. The molecule has 1 unspecified atom stereocenters. The van der Waals surface area contributed by atoms with Crippen molar-refractivity contribution in [3.05, 3.63) is 88.4 Å². The van der Waals surface area contributed by atoms with E-state index in [9.17, 15) is 4.79 Å². The summed E-state index contributed by atoms with van der Waals surface area (Å²) in [4.78, 5) is 13.9. The molecule has 0 aliphatic rings. The second-order valence-electron chi connectivity index (χ2n) is 5.59. The molecule has 0 spiro atoms. The van der Waals surface area contributed by atoms with Crippen LogP contribution in [0.3, 0.4) is 0 Å². The van der Waals surface area contributed by atoms with Crippen LogP contribution >= 0.6 is 35.0 Å². The van der Waals surface area contributed by atoms with Crippen LogP contribution in [0.4, 0.5) is 11.4 Å². The number of hydrogen-bond donors (Lipinski definition) is 2. The van der Waals surface area contributed by atoms with Gasteiger partial charge in [-0.3, -0.25) is 4.79 Å². The summed E-state index contributed by atoms with van der Waals surface area (Å²) in [6.45, 7) is 0. The van der Waals surface area contributed by atoms with Crippen LogP contribution in [0.2, 0.25) is 10.0 Å². The number of nitrogens with one attached hydrogen (secondary N) is 1. The quantitative estimate of drug-likeness (QED) is 0.403. The Morgan fingerprint density at radius 3 is 2.31 bits per heavy atom. The SMILES string of the molecule is Nc1ccc(SC(C(=O)Nc2ccc(Cl)cc2Cl)c2ccccc2)cc1. The van der Waals surface area contributed by atoms with Crippen molar-refractivity contribution >= 4 is 52.2 Å². The molecule has 1 amide bonds. The summed E-state index contributed by atoms with van der Waals surface area (Å²) in [5.74, 6) is -0.165. The van der Waals surface area contributed by atoms with Crippen LogP contribution in [0, 0.1) is 0 Å². The number of nitrogens with two attached hydrogens (primary N) is 1. The number of halogens is 2. The zero-order valence-corrected chi connectivity index (χ0v) is 16.0. The molecule has 3 N–H and O–H groups in total. The van der Waals surface area contributed by atoms with Crippen molar-refractivity contribution in [3.8, 4) is 0 Å². The van der Waals surface area contributed by atoms with Crippen molar-refractivity contribution in [2.24, 2.45) is 0 Å². The van der Waals surface area contributed by atoms with Gasteiger partial charge in [-0.05, 0) is 48.0 Å². The first-order chi connectivity index (χ1) is 12.5. The van der Waals surface area contributed by atoms with Gasteiger partial charge >= 0.3 is 0 Å². The Hall–Kier alpha value is -2.14. The summed E-state index contributed by atoms with van der Waals surface area (Å²) in [5, 5.41) is 3.37. The van der Waals surface area contributed by atoms with Gasteiger partial charge in [0.05, 0.1) is 10.7 Å². The molecule has 26 heavy (non-hydrogen) atoms. The predicted octanol–water partition coefficient (Wildman–Crippen LogP) is 6.05. The number of benzene rings is 3. The highest BCUT2D eigenvalue weighted by atomic mass is 35.5. The minimum absolute atomic E-state index is 0.165. The van der Waals surface area contributed by atoms with Gasteiger partial charge in [-0.2, -0.15) is 0 Å². The van der Waals surface area contributed by atoms with E-state index in [-0.39, 0.29) is 5.91 Å². The van der Waals surface area contributed by atoms with Crippen molar-refractivity contribution in [2.45, 2.75) is 10.1 Å². The fourth-order valence-electron chi connectivity index (χ4n) is 2.37. The first-order valence-electron chi connectivity index (χ1n) is 7.86. The summed E-state index contributed by atoms with van der Waals surface area (Å²) in [7, 11) is 0. The number of carbonyl (C=O) groups excluding carboxylic acids is 1. The molecule has 0 aliphatic heterocycles. The van der Waals surface area contributed by atoms with Gasteiger partial charge in [0.15, 0.2) is 0 Å². The fourth-order valence-corrected chi connectivity index (χ4v) is 3.85. The Labute approximate surface area is 166 Å². The Bertz CT molecular complexity index is 901. The molecule has 0 bridgehead atoms. The van der Waals surface area contributed by atoms with Gasteiger partial charge in [0.25, 0.3) is 0 Å². The lowest BCUT2D eigenvalue weighted by Gasteiger charge is -2.18. The van der Waals surface area contributed by atoms with Crippen molar-refractivity contribution in [1.82, 2.24) is 0 Å². The van der Waals surface area contributed by atoms with Crippen molar-refractivity contribution < 1.29 is 4.79 Å². The van der Waals surface area contributed by atoms with Crippen LogP contribution < -0.4 is 11.1 Å². The third-order valence-corrected chi connectivity index (χ3v) is 5.48. The van der Waals surface area contributed by atoms with E-state index in [0.717, 1.165) is 10.5 Å². The molecule has 1 atom stereocenters. The molecule has 3 aromatic rings. The maximum Gasteiger partial charge on any atom is 0.242 e. The van der Waals surface area contributed by atoms with Gasteiger partial charge in [0.1, 0.15) is 5.25 Å². The van der Waals surface area contributed by atoms with Crippen LogP contribution in [0.1, 0.15) is 10.8 Å². The van der Waals surface area contributed by atoms with E-state index in [4.69, 9.17) is 28.9 Å². The lowest BCUT2D eigenvalue weighted by atomic mass is 10.1. The molecule has 0 heterocycles. The van der Waals surface area contributed by atoms with E-state index in [1.807, 2.05) is 54.6 Å². The average Bonchev–Trinajstić information content (AvgIpc) is 2.64. The molecule has 3 rings (SSSR count). The molecule has 0 aromatic heterocycles. The maximum atomic E-state index is 13.0. The first-order valence-corrected chi connectivity index (χ1v) is 9.49. The second-order valence-corrected chi connectivity index (χ2v) is 7.61. The van der Waals surface area contributed by atoms with E-state index >= 15 is 0 Å². The average molecular weight is 403 g/mol. The topological polar surface area (TPSA) is 55.1 Å². The van der Waals surface area contributed by atoms with Crippen LogP contribution in [-0.2, 0) is 4.79 Å². The number of hydrogen-bond acceptors (Lipinski definition) is 3. The van der Waals surface area contributed by atoms with E-state index in [0.29, 0.717) is 21.4 Å². The van der Waals surface area contributed by atoms with Crippen molar-refractivity contribution in [3.63, 3.8) is 0 Å². The van der Waals surface area contributed by atoms with Gasteiger partial charge < -0.3 is 11.1 Å². The minimum atomic E-state index is -0.438. The molecule has 6 heteroatoms. The molecule has 3 aromatic carbocycles.